The lowest BCUT2D eigenvalue weighted by molar-refractivity contribution is -0.160. The number of H-pyrrole nitrogens is 1. The normalized spacial score (nSPS) is 16.4. The van der Waals surface area contributed by atoms with Gasteiger partial charge in [-0.05, 0) is 30.3 Å². The number of benzene rings is 1. The van der Waals surface area contributed by atoms with Crippen LogP contribution in [0.3, 0.4) is 0 Å². The first-order valence-electron chi connectivity index (χ1n) is 9.46. The molecule has 0 radical (unpaired) electrons. The molecule has 0 aliphatic carbocycles. The lowest BCUT2D eigenvalue weighted by Gasteiger charge is -2.38. The quantitative estimate of drug-likeness (QED) is 0.631. The third-order valence-electron chi connectivity index (χ3n) is 5.24. The molecule has 8 heteroatoms. The van der Waals surface area contributed by atoms with Crippen molar-refractivity contribution >= 4 is 5.97 Å². The molecule has 8 nitrogen and oxygen atoms in total. The Morgan fingerprint density at radius 2 is 1.97 bits per heavy atom. The van der Waals surface area contributed by atoms with Crippen LogP contribution in [0.2, 0.25) is 0 Å². The van der Waals surface area contributed by atoms with Gasteiger partial charge in [0.15, 0.2) is 17.3 Å². The monoisotopic (exact) mass is 397 g/mol. The minimum atomic E-state index is -1.27. The molecule has 1 aliphatic heterocycles. The summed E-state index contributed by atoms with van der Waals surface area (Å²) in [6.45, 7) is 1.78. The van der Waals surface area contributed by atoms with E-state index in [0.29, 0.717) is 44.0 Å². The minimum Gasteiger partial charge on any atom is -0.493 e. The number of piperidine rings is 1. The van der Waals surface area contributed by atoms with Crippen molar-refractivity contribution in [2.24, 2.45) is 0 Å². The summed E-state index contributed by atoms with van der Waals surface area (Å²) in [6.07, 6.45) is 2.42. The first kappa shape index (κ1) is 19.1. The van der Waals surface area contributed by atoms with Crippen molar-refractivity contribution in [2.75, 3.05) is 20.2 Å². The highest BCUT2D eigenvalue weighted by atomic mass is 16.5. The van der Waals surface area contributed by atoms with E-state index in [2.05, 4.69) is 15.1 Å². The van der Waals surface area contributed by atoms with Crippen LogP contribution in [0.1, 0.15) is 18.6 Å². The number of carboxylic acids is 1. The van der Waals surface area contributed by atoms with Gasteiger partial charge in [0.25, 0.3) is 0 Å². The van der Waals surface area contributed by atoms with Crippen LogP contribution < -0.4 is 9.47 Å². The number of furan rings is 1. The van der Waals surface area contributed by atoms with Crippen LogP contribution in [-0.2, 0) is 11.3 Å². The minimum absolute atomic E-state index is 0.370. The number of aliphatic carboxylic acids is 1. The Hall–Kier alpha value is -3.26. The Kier molecular flexibility index (Phi) is 5.26. The van der Waals surface area contributed by atoms with E-state index in [1.807, 2.05) is 24.3 Å². The van der Waals surface area contributed by atoms with Gasteiger partial charge in [0.05, 0.1) is 13.7 Å². The van der Waals surface area contributed by atoms with Gasteiger partial charge in [0.2, 0.25) is 5.60 Å². The van der Waals surface area contributed by atoms with Gasteiger partial charge in [-0.3, -0.25) is 10.00 Å². The molecular weight excluding hydrogens is 374 g/mol. The van der Waals surface area contributed by atoms with Crippen LogP contribution >= 0.6 is 0 Å². The number of nitrogens with zero attached hydrogens (tertiary/aromatic N) is 2. The summed E-state index contributed by atoms with van der Waals surface area (Å²) in [4.78, 5) is 14.2. The largest absolute Gasteiger partial charge is 0.493 e. The van der Waals surface area contributed by atoms with Crippen LogP contribution in [0.15, 0.2) is 53.1 Å². The molecule has 3 aromatic rings. The van der Waals surface area contributed by atoms with Crippen molar-refractivity contribution < 1.29 is 23.8 Å². The van der Waals surface area contributed by atoms with Crippen molar-refractivity contribution in [1.29, 1.82) is 0 Å². The van der Waals surface area contributed by atoms with Crippen LogP contribution in [0, 0.1) is 0 Å². The molecule has 1 fully saturated rings. The highest BCUT2D eigenvalue weighted by molar-refractivity contribution is 5.78. The van der Waals surface area contributed by atoms with E-state index >= 15 is 0 Å². The highest BCUT2D eigenvalue weighted by Gasteiger charge is 2.44. The molecule has 0 amide bonds. The Morgan fingerprint density at radius 3 is 2.62 bits per heavy atom. The average Bonchev–Trinajstić information content (AvgIpc) is 3.42. The number of nitrogens with one attached hydrogen (secondary N) is 1. The second-order valence-electron chi connectivity index (χ2n) is 7.06. The zero-order valence-electron chi connectivity index (χ0n) is 16.1. The van der Waals surface area contributed by atoms with Gasteiger partial charge < -0.3 is 19.0 Å². The van der Waals surface area contributed by atoms with E-state index in [0.717, 1.165) is 17.2 Å². The molecule has 0 spiro atoms. The zero-order chi connectivity index (χ0) is 20.3. The molecule has 0 bridgehead atoms. The summed E-state index contributed by atoms with van der Waals surface area (Å²) >= 11 is 0. The summed E-state index contributed by atoms with van der Waals surface area (Å²) in [5, 5.41) is 16.7. The topological polar surface area (TPSA) is 101 Å². The third-order valence-corrected chi connectivity index (χ3v) is 5.24. The number of hydrogen-bond acceptors (Lipinski definition) is 6. The highest BCUT2D eigenvalue weighted by Crippen LogP contribution is 2.35. The molecule has 3 heterocycles. The van der Waals surface area contributed by atoms with E-state index in [9.17, 15) is 9.90 Å². The SMILES string of the molecule is COc1ccccc1OC1(C(=O)O)CCN(Cc2ccc(-c3ccn[nH]3)o2)CC1. The van der Waals surface area contributed by atoms with E-state index in [1.165, 1.54) is 0 Å². The maximum Gasteiger partial charge on any atom is 0.348 e. The number of carbonyl (C=O) groups is 1. The van der Waals surface area contributed by atoms with Gasteiger partial charge in [-0.15, -0.1) is 0 Å². The zero-order valence-corrected chi connectivity index (χ0v) is 16.1. The predicted molar refractivity (Wildman–Crippen MR) is 105 cm³/mol. The summed E-state index contributed by atoms with van der Waals surface area (Å²) in [5.74, 6) is 1.57. The van der Waals surface area contributed by atoms with Crippen LogP contribution in [-0.4, -0.2) is 52.0 Å². The van der Waals surface area contributed by atoms with Crippen molar-refractivity contribution in [3.63, 3.8) is 0 Å². The number of aromatic nitrogens is 2. The fourth-order valence-corrected chi connectivity index (χ4v) is 3.57. The second kappa shape index (κ2) is 8.00. The first-order valence-corrected chi connectivity index (χ1v) is 9.46. The molecule has 1 aromatic carbocycles. The Bertz CT molecular complexity index is 958. The molecule has 1 saturated heterocycles. The maximum absolute atomic E-state index is 12.1. The van der Waals surface area contributed by atoms with Gasteiger partial charge in [-0.2, -0.15) is 5.10 Å². The average molecular weight is 397 g/mol. The molecule has 1 aliphatic rings. The van der Waals surface area contributed by atoms with Crippen LogP contribution in [0.5, 0.6) is 11.5 Å². The van der Waals surface area contributed by atoms with E-state index in [1.54, 1.807) is 31.5 Å². The number of likely N-dealkylation sites (tertiary alicyclic amines) is 1. The first-order chi connectivity index (χ1) is 14.1. The van der Waals surface area contributed by atoms with Gasteiger partial charge in [-0.1, -0.05) is 12.1 Å². The fourth-order valence-electron chi connectivity index (χ4n) is 3.57. The number of methoxy groups -OCH3 is 1. The molecule has 0 unspecified atom stereocenters. The molecular formula is C21H23N3O5. The summed E-state index contributed by atoms with van der Waals surface area (Å²) in [7, 11) is 1.54. The Labute approximate surface area is 168 Å². The standard InChI is InChI=1S/C21H23N3O5/c1-27-18-4-2-3-5-19(18)29-21(20(25)26)9-12-24(13-10-21)14-15-6-7-17(28-15)16-8-11-22-23-16/h2-8,11H,9-10,12-14H2,1H3,(H,22,23)(H,25,26). The van der Waals surface area contributed by atoms with Crippen molar-refractivity contribution in [3.05, 3.63) is 54.4 Å². The third kappa shape index (κ3) is 3.97. The summed E-state index contributed by atoms with van der Waals surface area (Å²) in [5.41, 5.74) is -0.444. The lowest BCUT2D eigenvalue weighted by atomic mass is 9.91. The molecule has 4 rings (SSSR count). The fraction of sp³-hybridized carbons (Fsp3) is 0.333. The van der Waals surface area contributed by atoms with Crippen molar-refractivity contribution in [1.82, 2.24) is 15.1 Å². The van der Waals surface area contributed by atoms with Crippen molar-refractivity contribution in [3.8, 4) is 23.0 Å². The second-order valence-corrected chi connectivity index (χ2v) is 7.06. The number of aromatic amines is 1. The number of carboxylic acid groups (broad SMARTS) is 1. The number of ether oxygens (including phenoxy) is 2. The summed E-state index contributed by atoms with van der Waals surface area (Å²) < 4.78 is 17.2. The summed E-state index contributed by atoms with van der Waals surface area (Å²) in [6, 6.07) is 12.8. The van der Waals surface area contributed by atoms with Gasteiger partial charge in [0, 0.05) is 32.1 Å². The number of rotatable bonds is 7. The van der Waals surface area contributed by atoms with E-state index in [-0.39, 0.29) is 0 Å². The van der Waals surface area contributed by atoms with Crippen LogP contribution in [0.25, 0.3) is 11.5 Å². The molecule has 2 aromatic heterocycles. The molecule has 0 saturated carbocycles. The molecule has 0 atom stereocenters. The number of para-hydroxylation sites is 2. The van der Waals surface area contributed by atoms with E-state index in [4.69, 9.17) is 13.9 Å². The van der Waals surface area contributed by atoms with Gasteiger partial charge >= 0.3 is 5.97 Å². The number of hydrogen-bond donors (Lipinski definition) is 2. The molecule has 152 valence electrons. The van der Waals surface area contributed by atoms with E-state index < -0.39 is 11.6 Å². The van der Waals surface area contributed by atoms with Gasteiger partial charge in [0.1, 0.15) is 11.5 Å². The smallest absolute Gasteiger partial charge is 0.348 e. The molecule has 2 N–H and O–H groups in total. The molecule has 29 heavy (non-hydrogen) atoms. The van der Waals surface area contributed by atoms with Crippen LogP contribution in [0.4, 0.5) is 0 Å². The predicted octanol–water partition coefficient (Wildman–Crippen LogP) is 3.18. The maximum atomic E-state index is 12.1. The lowest BCUT2D eigenvalue weighted by Crippen LogP contribution is -2.53. The Morgan fingerprint density at radius 1 is 1.21 bits per heavy atom. The van der Waals surface area contributed by atoms with Crippen molar-refractivity contribution in [2.45, 2.75) is 25.0 Å². The Balaban J connectivity index is 1.42. The van der Waals surface area contributed by atoms with Gasteiger partial charge in [-0.25, -0.2) is 4.79 Å².